The maximum atomic E-state index is 12.4. The van der Waals surface area contributed by atoms with Crippen molar-refractivity contribution in [2.45, 2.75) is 40.8 Å². The molecule has 3 aromatic rings. The van der Waals surface area contributed by atoms with Crippen molar-refractivity contribution >= 4 is 12.0 Å². The number of nitriles is 1. The van der Waals surface area contributed by atoms with E-state index in [0.29, 0.717) is 13.1 Å². The van der Waals surface area contributed by atoms with Crippen molar-refractivity contribution in [3.05, 3.63) is 99.4 Å². The molecular weight excluding hydrogens is 415 g/mol. The number of anilines is 1. The van der Waals surface area contributed by atoms with Gasteiger partial charge < -0.3 is 22.9 Å². The minimum absolute atomic E-state index is 0.146. The summed E-state index contributed by atoms with van der Waals surface area (Å²) in [5.74, 6) is -0.146. The summed E-state index contributed by atoms with van der Waals surface area (Å²) in [6, 6.07) is 18.6. The first-order valence-corrected chi connectivity index (χ1v) is 10.3. The highest BCUT2D eigenvalue weighted by Gasteiger charge is 1.96. The van der Waals surface area contributed by atoms with Crippen LogP contribution < -0.4 is 22.9 Å². The Balaban J connectivity index is 0.000000440. The van der Waals surface area contributed by atoms with Crippen molar-refractivity contribution in [3.8, 4) is 6.07 Å². The first-order valence-electron chi connectivity index (χ1n) is 10.3. The average molecular weight is 451 g/mol. The summed E-state index contributed by atoms with van der Waals surface area (Å²) in [5.41, 5.74) is 28.7. The van der Waals surface area contributed by atoms with Crippen molar-refractivity contribution in [3.63, 3.8) is 0 Å². The molecule has 3 rings (SSSR count). The standard InChI is InChI=1S/C9H10N2.C8H9F.C8H12N2.CH4N2/c1-7-4-8(5-10)2-3-9(7)6-11;1-6-3-7(2)5-8(9)4-6;1-6-4-7(5-9)2-3-8(6)10;2-1-3/h2-4H,5,10H2,1H3;3-5H,1-2H3;2-4H,5,9-10H2,1H3;1H,(H3,2,3). The van der Waals surface area contributed by atoms with Gasteiger partial charge in [-0.3, -0.25) is 5.41 Å². The quantitative estimate of drug-likeness (QED) is 0.223. The van der Waals surface area contributed by atoms with Crippen molar-refractivity contribution in [1.29, 1.82) is 10.7 Å². The molecule has 33 heavy (non-hydrogen) atoms. The molecule has 0 saturated carbocycles. The van der Waals surface area contributed by atoms with Crippen LogP contribution in [0.3, 0.4) is 0 Å². The van der Waals surface area contributed by atoms with E-state index < -0.39 is 0 Å². The topological polar surface area (TPSA) is 152 Å². The minimum atomic E-state index is -0.146. The van der Waals surface area contributed by atoms with Crippen LogP contribution in [-0.2, 0) is 13.1 Å². The van der Waals surface area contributed by atoms with Gasteiger partial charge in [-0.05, 0) is 85.3 Å². The molecular formula is C26H35FN6. The Bertz CT molecular complexity index is 1010. The summed E-state index contributed by atoms with van der Waals surface area (Å²) in [5, 5.41) is 14.5. The van der Waals surface area contributed by atoms with Gasteiger partial charge in [0.25, 0.3) is 0 Å². The van der Waals surface area contributed by atoms with Crippen molar-refractivity contribution < 1.29 is 4.39 Å². The van der Waals surface area contributed by atoms with E-state index in [1.54, 1.807) is 6.07 Å². The number of nitrogens with zero attached hydrogens (tertiary/aromatic N) is 1. The average Bonchev–Trinajstić information content (AvgIpc) is 2.76. The SMILES string of the molecule is Cc1cc(C)cc(F)c1.Cc1cc(CN)ccc1C#N.Cc1cc(CN)ccc1N.N=CN. The number of nitrogen functional groups attached to an aromatic ring is 1. The molecule has 0 saturated heterocycles. The van der Waals surface area contributed by atoms with Gasteiger partial charge in [-0.1, -0.05) is 30.3 Å². The van der Waals surface area contributed by atoms with Crippen molar-refractivity contribution in [1.82, 2.24) is 0 Å². The summed E-state index contributed by atoms with van der Waals surface area (Å²) < 4.78 is 12.4. The van der Waals surface area contributed by atoms with E-state index in [-0.39, 0.29) is 5.82 Å². The van der Waals surface area contributed by atoms with Crippen LogP contribution in [0.25, 0.3) is 0 Å². The lowest BCUT2D eigenvalue weighted by atomic mass is 10.1. The van der Waals surface area contributed by atoms with E-state index in [1.165, 1.54) is 12.1 Å². The molecule has 0 aliphatic carbocycles. The molecule has 0 amide bonds. The number of halogens is 1. The predicted molar refractivity (Wildman–Crippen MR) is 136 cm³/mol. The largest absolute Gasteiger partial charge is 0.399 e. The van der Waals surface area contributed by atoms with Gasteiger partial charge in [0.1, 0.15) is 5.82 Å². The van der Waals surface area contributed by atoms with Crippen LogP contribution in [0.2, 0.25) is 0 Å². The second-order valence-corrected chi connectivity index (χ2v) is 7.33. The molecule has 0 radical (unpaired) electrons. The van der Waals surface area contributed by atoms with Crippen LogP contribution in [0.1, 0.15) is 38.9 Å². The molecule has 0 atom stereocenters. The molecule has 176 valence electrons. The molecule has 6 nitrogen and oxygen atoms in total. The number of hydrogen-bond donors (Lipinski definition) is 5. The first kappa shape index (κ1) is 29.3. The Morgan fingerprint density at radius 2 is 1.30 bits per heavy atom. The van der Waals surface area contributed by atoms with Gasteiger partial charge in [0, 0.05) is 18.8 Å². The molecule has 0 aliphatic heterocycles. The van der Waals surface area contributed by atoms with E-state index in [4.69, 9.17) is 27.9 Å². The van der Waals surface area contributed by atoms with Gasteiger partial charge in [-0.15, -0.1) is 0 Å². The Kier molecular flexibility index (Phi) is 14.2. The fourth-order valence-corrected chi connectivity index (χ4v) is 2.76. The van der Waals surface area contributed by atoms with Crippen LogP contribution in [-0.4, -0.2) is 6.34 Å². The van der Waals surface area contributed by atoms with Crippen LogP contribution in [0.4, 0.5) is 10.1 Å². The second kappa shape index (κ2) is 16.0. The number of nitrogens with one attached hydrogen (secondary N) is 1. The summed E-state index contributed by atoms with van der Waals surface area (Å²) >= 11 is 0. The van der Waals surface area contributed by atoms with Gasteiger partial charge in [0.15, 0.2) is 0 Å². The van der Waals surface area contributed by atoms with Gasteiger partial charge in [0.05, 0.1) is 18.0 Å². The van der Waals surface area contributed by atoms with E-state index >= 15 is 0 Å². The molecule has 0 heterocycles. The van der Waals surface area contributed by atoms with Gasteiger partial charge in [-0.2, -0.15) is 5.26 Å². The summed E-state index contributed by atoms with van der Waals surface area (Å²) in [4.78, 5) is 0. The van der Waals surface area contributed by atoms with Gasteiger partial charge in [0.2, 0.25) is 0 Å². The summed E-state index contributed by atoms with van der Waals surface area (Å²) in [6.07, 6.45) is 0.750. The Hall–Kier alpha value is -3.73. The lowest BCUT2D eigenvalue weighted by Gasteiger charge is -2.01. The third kappa shape index (κ3) is 12.0. The third-order valence-electron chi connectivity index (χ3n) is 4.40. The minimum Gasteiger partial charge on any atom is -0.399 e. The Morgan fingerprint density at radius 3 is 1.67 bits per heavy atom. The van der Waals surface area contributed by atoms with Crippen molar-refractivity contribution in [2.24, 2.45) is 17.2 Å². The molecule has 3 aromatic carbocycles. The number of hydrogen-bond acceptors (Lipinski definition) is 5. The maximum Gasteiger partial charge on any atom is 0.123 e. The predicted octanol–water partition coefficient (Wildman–Crippen LogP) is 4.36. The van der Waals surface area contributed by atoms with Crippen LogP contribution in [0.15, 0.2) is 54.6 Å². The molecule has 0 unspecified atom stereocenters. The fraction of sp³-hybridized carbons (Fsp3) is 0.231. The normalized spacial score (nSPS) is 9.03. The van der Waals surface area contributed by atoms with E-state index in [9.17, 15) is 4.39 Å². The van der Waals surface area contributed by atoms with E-state index in [1.807, 2.05) is 64.1 Å². The monoisotopic (exact) mass is 450 g/mol. The number of benzene rings is 3. The molecule has 0 spiro atoms. The smallest absolute Gasteiger partial charge is 0.123 e. The molecule has 0 bridgehead atoms. The lowest BCUT2D eigenvalue weighted by Crippen LogP contribution is -1.97. The molecule has 0 fully saturated rings. The number of rotatable bonds is 2. The summed E-state index contributed by atoms with van der Waals surface area (Å²) in [7, 11) is 0. The molecule has 7 heteroatoms. The number of aryl methyl sites for hydroxylation is 4. The molecule has 9 N–H and O–H groups in total. The zero-order chi connectivity index (χ0) is 25.4. The highest BCUT2D eigenvalue weighted by molar-refractivity contribution is 5.47. The summed E-state index contributed by atoms with van der Waals surface area (Å²) in [6.45, 7) is 8.78. The number of nitrogens with two attached hydrogens (primary N) is 4. The highest BCUT2D eigenvalue weighted by atomic mass is 19.1. The van der Waals surface area contributed by atoms with Crippen LogP contribution in [0.5, 0.6) is 0 Å². The maximum absolute atomic E-state index is 12.4. The Labute approximate surface area is 196 Å². The van der Waals surface area contributed by atoms with Gasteiger partial charge in [-0.25, -0.2) is 4.39 Å². The van der Waals surface area contributed by atoms with E-state index in [0.717, 1.165) is 51.0 Å². The zero-order valence-corrected chi connectivity index (χ0v) is 19.8. The molecule has 0 aromatic heterocycles. The highest BCUT2D eigenvalue weighted by Crippen LogP contribution is 2.11. The zero-order valence-electron chi connectivity index (χ0n) is 19.8. The van der Waals surface area contributed by atoms with Crippen molar-refractivity contribution in [2.75, 3.05) is 5.73 Å². The Morgan fingerprint density at radius 1 is 0.848 bits per heavy atom. The lowest BCUT2D eigenvalue weighted by molar-refractivity contribution is 0.625. The molecule has 0 aliphatic rings. The second-order valence-electron chi connectivity index (χ2n) is 7.33. The van der Waals surface area contributed by atoms with Crippen LogP contribution in [0, 0.1) is 50.3 Å². The van der Waals surface area contributed by atoms with E-state index in [2.05, 4.69) is 11.8 Å². The fourth-order valence-electron chi connectivity index (χ4n) is 2.76. The first-order chi connectivity index (χ1) is 15.6. The third-order valence-corrected chi connectivity index (χ3v) is 4.40. The van der Waals surface area contributed by atoms with Crippen LogP contribution >= 0.6 is 0 Å². The van der Waals surface area contributed by atoms with Gasteiger partial charge >= 0.3 is 0 Å².